The van der Waals surface area contributed by atoms with Gasteiger partial charge in [-0.1, -0.05) is 6.07 Å². The second-order valence-corrected chi connectivity index (χ2v) is 7.03. The van der Waals surface area contributed by atoms with Crippen LogP contribution in [0.25, 0.3) is 0 Å². The molecule has 124 valence electrons. The molecule has 3 aliphatic rings. The Labute approximate surface area is 136 Å². The first-order valence-electron chi connectivity index (χ1n) is 8.59. The van der Waals surface area contributed by atoms with Gasteiger partial charge < -0.3 is 20.1 Å². The smallest absolute Gasteiger partial charge is 0.314 e. The lowest BCUT2D eigenvalue weighted by Crippen LogP contribution is -2.47. The fourth-order valence-corrected chi connectivity index (χ4v) is 4.34. The van der Waals surface area contributed by atoms with Crippen molar-refractivity contribution in [3.05, 3.63) is 23.8 Å². The number of hydrogen-bond donors (Lipinski definition) is 2. The summed E-state index contributed by atoms with van der Waals surface area (Å²) in [6.07, 6.45) is 5.51. The van der Waals surface area contributed by atoms with Crippen LogP contribution < -0.4 is 20.1 Å². The number of hydrogen-bond acceptors (Lipinski definition) is 3. The molecule has 5 nitrogen and oxygen atoms in total. The maximum Gasteiger partial charge on any atom is 0.314 e. The second kappa shape index (κ2) is 5.95. The van der Waals surface area contributed by atoms with Gasteiger partial charge >= 0.3 is 6.03 Å². The first kappa shape index (κ1) is 14.7. The monoisotopic (exact) mass is 316 g/mol. The third-order valence-electron chi connectivity index (χ3n) is 5.63. The van der Waals surface area contributed by atoms with Gasteiger partial charge in [-0.3, -0.25) is 0 Å². The first-order valence-corrected chi connectivity index (χ1v) is 8.59. The van der Waals surface area contributed by atoms with Gasteiger partial charge in [0.1, 0.15) is 6.10 Å². The Morgan fingerprint density at radius 1 is 1.09 bits per heavy atom. The first-order chi connectivity index (χ1) is 11.2. The summed E-state index contributed by atoms with van der Waals surface area (Å²) in [5.41, 5.74) is 1.18. The van der Waals surface area contributed by atoms with Crippen LogP contribution in [-0.2, 0) is 0 Å². The van der Waals surface area contributed by atoms with Crippen molar-refractivity contribution in [2.24, 2.45) is 11.8 Å². The normalized spacial score (nSPS) is 30.0. The van der Waals surface area contributed by atoms with Crippen LogP contribution in [0.3, 0.4) is 0 Å². The van der Waals surface area contributed by atoms with E-state index in [1.54, 1.807) is 7.11 Å². The van der Waals surface area contributed by atoms with E-state index < -0.39 is 0 Å². The molecule has 1 aliphatic heterocycles. The predicted molar refractivity (Wildman–Crippen MR) is 87.0 cm³/mol. The van der Waals surface area contributed by atoms with Gasteiger partial charge in [-0.05, 0) is 55.2 Å². The molecule has 5 heteroatoms. The number of fused-ring (bicyclic) bond motifs is 2. The fourth-order valence-electron chi connectivity index (χ4n) is 4.34. The highest BCUT2D eigenvalue weighted by Gasteiger charge is 2.41. The van der Waals surface area contributed by atoms with E-state index in [4.69, 9.17) is 9.47 Å². The minimum Gasteiger partial charge on any atom is -0.493 e. The van der Waals surface area contributed by atoms with Crippen LogP contribution >= 0.6 is 0 Å². The molecule has 1 aromatic carbocycles. The molecule has 0 radical (unpaired) electrons. The maximum absolute atomic E-state index is 11.2. The molecule has 0 aromatic heterocycles. The Morgan fingerprint density at radius 2 is 1.91 bits per heavy atom. The number of carbonyl (C=O) groups is 1. The Kier molecular flexibility index (Phi) is 3.79. The van der Waals surface area contributed by atoms with Crippen molar-refractivity contribution in [1.82, 2.24) is 10.6 Å². The maximum atomic E-state index is 11.2. The lowest BCUT2D eigenvalue weighted by atomic mass is 9.96. The second-order valence-electron chi connectivity index (χ2n) is 7.03. The van der Waals surface area contributed by atoms with Gasteiger partial charge in [0.25, 0.3) is 0 Å². The van der Waals surface area contributed by atoms with Crippen molar-refractivity contribution in [1.29, 1.82) is 0 Å². The van der Waals surface area contributed by atoms with Crippen LogP contribution in [0.2, 0.25) is 0 Å². The molecule has 2 N–H and O–H groups in total. The van der Waals surface area contributed by atoms with Crippen molar-refractivity contribution in [3.8, 4) is 11.5 Å². The minimum absolute atomic E-state index is 0.0896. The number of nitrogens with one attached hydrogen (secondary N) is 2. The summed E-state index contributed by atoms with van der Waals surface area (Å²) >= 11 is 0. The third-order valence-corrected chi connectivity index (χ3v) is 5.63. The number of urea groups is 1. The molecule has 23 heavy (non-hydrogen) atoms. The molecule has 0 unspecified atom stereocenters. The minimum atomic E-state index is -0.0896. The van der Waals surface area contributed by atoms with Crippen LogP contribution in [0.4, 0.5) is 4.79 Å². The number of benzene rings is 1. The number of ether oxygens (including phenoxy) is 2. The highest BCUT2D eigenvalue weighted by Crippen LogP contribution is 2.47. The Morgan fingerprint density at radius 3 is 2.57 bits per heavy atom. The lowest BCUT2D eigenvalue weighted by molar-refractivity contribution is 0.133. The van der Waals surface area contributed by atoms with E-state index in [1.165, 1.54) is 31.2 Å². The zero-order chi connectivity index (χ0) is 15.8. The van der Waals surface area contributed by atoms with Crippen LogP contribution in [0, 0.1) is 11.8 Å². The van der Waals surface area contributed by atoms with E-state index in [9.17, 15) is 4.79 Å². The van der Waals surface area contributed by atoms with Gasteiger partial charge in [0.2, 0.25) is 0 Å². The Bertz CT molecular complexity index is 594. The van der Waals surface area contributed by atoms with Gasteiger partial charge in [-0.2, -0.15) is 0 Å². The third kappa shape index (κ3) is 2.84. The molecule has 2 amide bonds. The van der Waals surface area contributed by atoms with E-state index in [2.05, 4.69) is 22.8 Å². The summed E-state index contributed by atoms with van der Waals surface area (Å²) in [7, 11) is 1.69. The van der Waals surface area contributed by atoms with Gasteiger partial charge in [0.15, 0.2) is 11.5 Å². The van der Waals surface area contributed by atoms with E-state index in [0.29, 0.717) is 25.1 Å². The van der Waals surface area contributed by atoms with E-state index in [-0.39, 0.29) is 11.9 Å². The molecule has 1 heterocycles. The van der Waals surface area contributed by atoms with Gasteiger partial charge in [0, 0.05) is 19.0 Å². The molecule has 1 aromatic rings. The summed E-state index contributed by atoms with van der Waals surface area (Å²) in [4.78, 5) is 11.2. The van der Waals surface area contributed by atoms with Gasteiger partial charge in [-0.25, -0.2) is 4.79 Å². The number of carbonyl (C=O) groups excluding carboxylic acids is 1. The molecule has 3 fully saturated rings. The van der Waals surface area contributed by atoms with Crippen molar-refractivity contribution >= 4 is 6.03 Å². The SMILES string of the molecule is COc1ccc(C2CNC(=O)NC2)cc1O[C@H]1C[C@@H]2CC[C@H]1C2. The zero-order valence-electron chi connectivity index (χ0n) is 13.5. The van der Waals surface area contributed by atoms with Crippen molar-refractivity contribution in [2.75, 3.05) is 20.2 Å². The van der Waals surface area contributed by atoms with Crippen LogP contribution in [0.5, 0.6) is 11.5 Å². The van der Waals surface area contributed by atoms with E-state index >= 15 is 0 Å². The Balaban J connectivity index is 1.52. The number of methoxy groups -OCH3 is 1. The topological polar surface area (TPSA) is 59.6 Å². The van der Waals surface area contributed by atoms with Crippen molar-refractivity contribution in [3.63, 3.8) is 0 Å². The largest absolute Gasteiger partial charge is 0.493 e. The van der Waals surface area contributed by atoms with Crippen molar-refractivity contribution < 1.29 is 14.3 Å². The summed E-state index contributed by atoms with van der Waals surface area (Å²) in [6.45, 7) is 1.32. The summed E-state index contributed by atoms with van der Waals surface area (Å²) in [5.74, 6) is 3.48. The van der Waals surface area contributed by atoms with Crippen LogP contribution in [-0.4, -0.2) is 32.3 Å². The number of rotatable bonds is 4. The molecule has 0 spiro atoms. The molecule has 2 saturated carbocycles. The quantitative estimate of drug-likeness (QED) is 0.898. The Hall–Kier alpha value is -1.91. The average Bonchev–Trinajstić information content (AvgIpc) is 3.18. The number of amides is 2. The predicted octanol–water partition coefficient (Wildman–Crippen LogP) is 2.66. The standard InChI is InChI=1S/C18H24N2O3/c1-22-15-5-4-12(14-9-19-18(21)20-10-14)8-17(15)23-16-7-11-2-3-13(16)6-11/h4-5,8,11,13-14,16H,2-3,6-7,9-10H2,1H3,(H2,19,20,21)/t11-,13+,16+/m1/s1. The fraction of sp³-hybridized carbons (Fsp3) is 0.611. The summed E-state index contributed by atoms with van der Waals surface area (Å²) < 4.78 is 11.8. The highest BCUT2D eigenvalue weighted by atomic mass is 16.5. The molecule has 2 aliphatic carbocycles. The average molecular weight is 316 g/mol. The molecule has 3 atom stereocenters. The molecule has 1 saturated heterocycles. The summed E-state index contributed by atoms with van der Waals surface area (Å²) in [5, 5.41) is 5.70. The highest BCUT2D eigenvalue weighted by molar-refractivity contribution is 5.75. The van der Waals surface area contributed by atoms with E-state index in [0.717, 1.165) is 17.4 Å². The van der Waals surface area contributed by atoms with Crippen molar-refractivity contribution in [2.45, 2.75) is 37.7 Å². The molecule has 2 bridgehead atoms. The lowest BCUT2D eigenvalue weighted by Gasteiger charge is -2.27. The van der Waals surface area contributed by atoms with Gasteiger partial charge in [-0.15, -0.1) is 0 Å². The van der Waals surface area contributed by atoms with Crippen LogP contribution in [0.1, 0.15) is 37.2 Å². The molecular formula is C18H24N2O3. The summed E-state index contributed by atoms with van der Waals surface area (Å²) in [6, 6.07) is 6.05. The zero-order valence-corrected chi connectivity index (χ0v) is 13.5. The van der Waals surface area contributed by atoms with Gasteiger partial charge in [0.05, 0.1) is 7.11 Å². The van der Waals surface area contributed by atoms with E-state index in [1.807, 2.05) is 6.07 Å². The van der Waals surface area contributed by atoms with Crippen LogP contribution in [0.15, 0.2) is 18.2 Å². The molecular weight excluding hydrogens is 292 g/mol. The molecule has 4 rings (SSSR count).